The summed E-state index contributed by atoms with van der Waals surface area (Å²) in [7, 11) is -4.52. The Kier molecular flexibility index (Phi) is 8.57. The van der Waals surface area contributed by atoms with Gasteiger partial charge in [-0.05, 0) is 55.0 Å². The summed E-state index contributed by atoms with van der Waals surface area (Å²) in [6, 6.07) is 11.2. The number of carbonyl (C=O) groups excluding carboxylic acids is 1. The number of fused-ring (bicyclic) bond motifs is 1. The molecule has 1 N–H and O–H groups in total. The number of H-pyrrole nitrogens is 1. The zero-order valence-electron chi connectivity index (χ0n) is 23.4. The summed E-state index contributed by atoms with van der Waals surface area (Å²) >= 11 is 0. The standard InChI is InChI=1S/C30H29F5N4O3S/c1-17(38(2)43(41,42)29-27(34)25(32)24(31)26(33)28(29)35)30(40)39(22-12-13-23-21(14-22)15-36-37-23)16-18-8-10-20(11-9-18)19-6-4-3-5-7-19/h8-15,17,19H,3-7,16H2,1-2H3,(H,36,37)/t17-/m1/s1. The van der Waals surface area contributed by atoms with Gasteiger partial charge in [-0.2, -0.15) is 9.40 Å². The van der Waals surface area contributed by atoms with Gasteiger partial charge in [-0.3, -0.25) is 9.89 Å². The Morgan fingerprint density at radius 2 is 1.53 bits per heavy atom. The van der Waals surface area contributed by atoms with Crippen molar-refractivity contribution in [3.63, 3.8) is 0 Å². The average Bonchev–Trinajstić information content (AvgIpc) is 3.49. The second kappa shape index (κ2) is 12.0. The number of carbonyl (C=O) groups is 1. The first-order valence-electron chi connectivity index (χ1n) is 13.7. The summed E-state index contributed by atoms with van der Waals surface area (Å²) in [6.07, 6.45) is 7.32. The lowest BCUT2D eigenvalue weighted by molar-refractivity contribution is -0.121. The molecule has 1 heterocycles. The highest BCUT2D eigenvalue weighted by Gasteiger charge is 2.40. The molecule has 1 aliphatic rings. The SMILES string of the molecule is C[C@H](C(=O)N(Cc1ccc(C2CCCCC2)cc1)c1ccc2[nH]ncc2c1)N(C)S(=O)(=O)c1c(F)c(F)c(F)c(F)c1F. The summed E-state index contributed by atoms with van der Waals surface area (Å²) in [5.41, 5.74) is 3.00. The second-order valence-corrected chi connectivity index (χ2v) is 12.7. The van der Waals surface area contributed by atoms with Crippen molar-refractivity contribution in [2.24, 2.45) is 0 Å². The highest BCUT2D eigenvalue weighted by Crippen LogP contribution is 2.34. The molecule has 0 saturated heterocycles. The number of hydrogen-bond acceptors (Lipinski definition) is 4. The predicted octanol–water partition coefficient (Wildman–Crippen LogP) is 6.55. The number of hydrogen-bond donors (Lipinski definition) is 1. The fourth-order valence-electron chi connectivity index (χ4n) is 5.45. The van der Waals surface area contributed by atoms with Gasteiger partial charge in [-0.1, -0.05) is 43.5 Å². The van der Waals surface area contributed by atoms with Crippen LogP contribution >= 0.6 is 0 Å². The first-order chi connectivity index (χ1) is 20.4. The van der Waals surface area contributed by atoms with Gasteiger partial charge in [0.25, 0.3) is 0 Å². The molecule has 1 aliphatic carbocycles. The van der Waals surface area contributed by atoms with Crippen molar-refractivity contribution in [3.8, 4) is 0 Å². The number of amides is 1. The molecule has 1 amide bonds. The quantitative estimate of drug-likeness (QED) is 0.138. The Hall–Kier alpha value is -3.84. The number of sulfonamides is 1. The third-order valence-electron chi connectivity index (χ3n) is 8.11. The lowest BCUT2D eigenvalue weighted by atomic mass is 9.84. The molecule has 5 rings (SSSR count). The van der Waals surface area contributed by atoms with Crippen LogP contribution in [-0.4, -0.2) is 41.9 Å². The van der Waals surface area contributed by atoms with E-state index in [-0.39, 0.29) is 6.54 Å². The van der Waals surface area contributed by atoms with Crippen LogP contribution in [-0.2, 0) is 21.4 Å². The van der Waals surface area contributed by atoms with Gasteiger partial charge in [-0.15, -0.1) is 0 Å². The van der Waals surface area contributed by atoms with E-state index in [9.17, 15) is 35.2 Å². The zero-order valence-corrected chi connectivity index (χ0v) is 24.2. The van der Waals surface area contributed by atoms with Crippen LogP contribution in [0.3, 0.4) is 0 Å². The minimum Gasteiger partial charge on any atom is -0.307 e. The number of anilines is 1. The molecule has 4 aromatic rings. The number of nitrogens with one attached hydrogen (secondary N) is 1. The normalized spacial score (nSPS) is 15.3. The number of aromatic amines is 1. The first kappa shape index (κ1) is 30.6. The Bertz CT molecular complexity index is 1740. The van der Waals surface area contributed by atoms with E-state index >= 15 is 0 Å². The lowest BCUT2D eigenvalue weighted by Crippen LogP contribution is -2.48. The summed E-state index contributed by atoms with van der Waals surface area (Å²) in [6.45, 7) is 1.18. The van der Waals surface area contributed by atoms with Crippen LogP contribution in [0.25, 0.3) is 10.9 Å². The van der Waals surface area contributed by atoms with Crippen molar-refractivity contribution in [2.45, 2.75) is 62.4 Å². The van der Waals surface area contributed by atoms with Crippen LogP contribution < -0.4 is 4.90 Å². The van der Waals surface area contributed by atoms with Gasteiger partial charge in [0.15, 0.2) is 28.2 Å². The van der Waals surface area contributed by atoms with E-state index in [1.165, 1.54) is 36.6 Å². The molecule has 1 saturated carbocycles. The molecule has 13 heteroatoms. The van der Waals surface area contributed by atoms with Gasteiger partial charge < -0.3 is 4.90 Å². The van der Waals surface area contributed by atoms with Crippen molar-refractivity contribution in [1.29, 1.82) is 0 Å². The Labute approximate surface area is 245 Å². The van der Waals surface area contributed by atoms with Gasteiger partial charge in [0.2, 0.25) is 21.7 Å². The zero-order chi connectivity index (χ0) is 31.1. The highest BCUT2D eigenvalue weighted by atomic mass is 32.2. The van der Waals surface area contributed by atoms with E-state index in [1.54, 1.807) is 24.4 Å². The van der Waals surface area contributed by atoms with Crippen LogP contribution in [0.1, 0.15) is 56.1 Å². The molecule has 0 bridgehead atoms. The third kappa shape index (κ3) is 5.75. The fraction of sp³-hybridized carbons (Fsp3) is 0.333. The molecule has 228 valence electrons. The lowest BCUT2D eigenvalue weighted by Gasteiger charge is -2.30. The topological polar surface area (TPSA) is 86.4 Å². The highest BCUT2D eigenvalue weighted by molar-refractivity contribution is 7.89. The second-order valence-electron chi connectivity index (χ2n) is 10.7. The number of halogens is 5. The number of likely N-dealkylation sites (N-methyl/N-ethyl adjacent to an activating group) is 1. The maximum atomic E-state index is 14.5. The molecule has 0 radical (unpaired) electrons. The van der Waals surface area contributed by atoms with Crippen molar-refractivity contribution in [3.05, 3.63) is 88.9 Å². The molecular weight excluding hydrogens is 591 g/mol. The summed E-state index contributed by atoms with van der Waals surface area (Å²) in [5, 5.41) is 7.45. The van der Waals surface area contributed by atoms with Crippen molar-refractivity contribution >= 4 is 32.5 Å². The summed E-state index contributed by atoms with van der Waals surface area (Å²) in [5.74, 6) is -12.7. The molecule has 1 fully saturated rings. The van der Waals surface area contributed by atoms with Crippen LogP contribution in [0, 0.1) is 29.1 Å². The van der Waals surface area contributed by atoms with Gasteiger partial charge in [0, 0.05) is 18.1 Å². The van der Waals surface area contributed by atoms with Crippen LogP contribution in [0.2, 0.25) is 0 Å². The molecule has 1 aromatic heterocycles. The van der Waals surface area contributed by atoms with Crippen LogP contribution in [0.4, 0.5) is 27.6 Å². The molecule has 43 heavy (non-hydrogen) atoms. The maximum Gasteiger partial charge on any atom is 0.249 e. The van der Waals surface area contributed by atoms with E-state index in [1.807, 2.05) is 24.3 Å². The summed E-state index contributed by atoms with van der Waals surface area (Å²) < 4.78 is 97.0. The van der Waals surface area contributed by atoms with Gasteiger partial charge in [0.1, 0.15) is 6.04 Å². The molecule has 3 aromatic carbocycles. The predicted molar refractivity (Wildman–Crippen MR) is 150 cm³/mol. The Morgan fingerprint density at radius 1 is 0.930 bits per heavy atom. The Morgan fingerprint density at radius 3 is 2.16 bits per heavy atom. The minimum atomic E-state index is -5.36. The van der Waals surface area contributed by atoms with E-state index in [0.717, 1.165) is 25.5 Å². The van der Waals surface area contributed by atoms with E-state index in [2.05, 4.69) is 10.2 Å². The molecule has 1 atom stereocenters. The molecule has 0 spiro atoms. The number of aromatic nitrogens is 2. The maximum absolute atomic E-state index is 14.5. The van der Waals surface area contributed by atoms with E-state index < -0.39 is 56.0 Å². The largest absolute Gasteiger partial charge is 0.307 e. The number of benzene rings is 3. The van der Waals surface area contributed by atoms with Crippen molar-refractivity contribution in [2.75, 3.05) is 11.9 Å². The molecule has 0 unspecified atom stereocenters. The summed E-state index contributed by atoms with van der Waals surface area (Å²) in [4.78, 5) is 13.2. The molecule has 0 aliphatic heterocycles. The van der Waals surface area contributed by atoms with Crippen LogP contribution in [0.15, 0.2) is 53.6 Å². The number of nitrogens with zero attached hydrogens (tertiary/aromatic N) is 3. The average molecular weight is 621 g/mol. The Balaban J connectivity index is 1.48. The molecular formula is C30H29F5N4O3S. The number of rotatable bonds is 8. The fourth-order valence-corrected chi connectivity index (χ4v) is 6.88. The minimum absolute atomic E-state index is 0.00783. The third-order valence-corrected chi connectivity index (χ3v) is 10.1. The van der Waals surface area contributed by atoms with Gasteiger partial charge >= 0.3 is 0 Å². The van der Waals surface area contributed by atoms with E-state index in [4.69, 9.17) is 0 Å². The van der Waals surface area contributed by atoms with Crippen LogP contribution in [0.5, 0.6) is 0 Å². The van der Waals surface area contributed by atoms with Gasteiger partial charge in [-0.25, -0.2) is 30.4 Å². The van der Waals surface area contributed by atoms with E-state index in [0.29, 0.717) is 26.8 Å². The monoisotopic (exact) mass is 620 g/mol. The van der Waals surface area contributed by atoms with Crippen molar-refractivity contribution < 1.29 is 35.2 Å². The van der Waals surface area contributed by atoms with Gasteiger partial charge in [0.05, 0.1) is 18.3 Å². The smallest absolute Gasteiger partial charge is 0.249 e. The molecule has 7 nitrogen and oxygen atoms in total. The van der Waals surface area contributed by atoms with Crippen molar-refractivity contribution in [1.82, 2.24) is 14.5 Å². The first-order valence-corrected chi connectivity index (χ1v) is 15.2.